The second-order valence-corrected chi connectivity index (χ2v) is 16.3. The monoisotopic (exact) mass is 1040 g/mol. The van der Waals surface area contributed by atoms with Crippen molar-refractivity contribution in [2.75, 3.05) is 60.9 Å². The van der Waals surface area contributed by atoms with Gasteiger partial charge in [0, 0.05) is 42.1 Å². The number of ketones is 2. The average molecular weight is 1040 g/mol. The summed E-state index contributed by atoms with van der Waals surface area (Å²) in [5.74, 6) is -4.81. The molecule has 2 amide bonds. The van der Waals surface area contributed by atoms with E-state index in [2.05, 4.69) is 31.7 Å². The molecule has 23 nitrogen and oxygen atoms in total. The van der Waals surface area contributed by atoms with Crippen LogP contribution < -0.4 is 150 Å². The van der Waals surface area contributed by atoms with E-state index < -0.39 is 71.0 Å². The molecule has 0 bridgehead atoms. The van der Waals surface area contributed by atoms with E-state index in [4.69, 9.17) is 15.3 Å². The van der Waals surface area contributed by atoms with E-state index in [1.807, 2.05) is 0 Å². The first-order valence-corrected chi connectivity index (χ1v) is 21.7. The van der Waals surface area contributed by atoms with Crippen molar-refractivity contribution in [3.63, 3.8) is 0 Å². The molecular weight excluding hydrogens is 1000 g/mol. The van der Waals surface area contributed by atoms with Crippen LogP contribution in [0.25, 0.3) is 12.2 Å². The number of allylic oxidation sites excluding steroid dienone is 2. The molecule has 6 rings (SSSR count). The molecule has 7 N–H and O–H groups in total. The summed E-state index contributed by atoms with van der Waals surface area (Å²) in [7, 11) is -10.6. The molecule has 346 valence electrons. The normalized spacial score (nSPS) is 13.7. The van der Waals surface area contributed by atoms with E-state index >= 15 is 0 Å². The average Bonchev–Trinajstić information content (AvgIpc) is 3.25. The van der Waals surface area contributed by atoms with Crippen LogP contribution in [-0.4, -0.2) is 127 Å². The Hall–Kier alpha value is -3.49. The number of fused-ring (bicyclic) bond motifs is 2. The summed E-state index contributed by atoms with van der Waals surface area (Å²) in [4.78, 5) is 61.3. The van der Waals surface area contributed by atoms with E-state index in [9.17, 15) is 60.1 Å². The van der Waals surface area contributed by atoms with Crippen LogP contribution >= 0.6 is 0 Å². The summed E-state index contributed by atoms with van der Waals surface area (Å²) in [6.07, 6.45) is 1.77. The van der Waals surface area contributed by atoms with Gasteiger partial charge in [0.1, 0.15) is 31.7 Å². The predicted molar refractivity (Wildman–Crippen MR) is 231 cm³/mol. The van der Waals surface area contributed by atoms with Crippen LogP contribution in [-0.2, 0) is 20.2 Å². The number of carboxylic acid groups (broad SMARTS) is 2. The quantitative estimate of drug-likeness (QED) is 0.0311. The van der Waals surface area contributed by atoms with Crippen molar-refractivity contribution in [2.45, 2.75) is 0 Å². The number of hydrogen-bond donors (Lipinski definition) is 7. The van der Waals surface area contributed by atoms with Gasteiger partial charge in [-0.25, -0.2) is 21.6 Å². The van der Waals surface area contributed by atoms with E-state index in [1.165, 1.54) is 84.9 Å². The summed E-state index contributed by atoms with van der Waals surface area (Å²) < 4.78 is 72.9. The van der Waals surface area contributed by atoms with Crippen molar-refractivity contribution in [1.82, 2.24) is 4.90 Å². The number of carboxylic acids is 2. The predicted octanol–water partition coefficient (Wildman–Crippen LogP) is -12.6. The zero-order valence-electron chi connectivity index (χ0n) is 37.8. The number of anilines is 4. The van der Waals surface area contributed by atoms with Gasteiger partial charge in [-0.1, -0.05) is 24.3 Å². The van der Waals surface area contributed by atoms with E-state index in [0.29, 0.717) is 19.6 Å². The Bertz CT molecular complexity index is 2740. The Labute approximate surface area is 488 Å². The maximum atomic E-state index is 13.3. The number of hydrazone groups is 2. The summed E-state index contributed by atoms with van der Waals surface area (Å²) in [6.45, 7) is 1.75. The van der Waals surface area contributed by atoms with Gasteiger partial charge in [0.15, 0.2) is 0 Å². The first-order chi connectivity index (χ1) is 31.2. The number of rotatable bonds is 16. The fourth-order valence-electron chi connectivity index (χ4n) is 6.08. The van der Waals surface area contributed by atoms with Gasteiger partial charge in [-0.05, 0) is 95.1 Å². The van der Waals surface area contributed by atoms with Crippen molar-refractivity contribution in [2.24, 2.45) is 10.2 Å². The maximum Gasteiger partial charge on any atom is 1.00 e. The van der Waals surface area contributed by atoms with Crippen molar-refractivity contribution in [3.05, 3.63) is 128 Å². The number of nitrogens with zero attached hydrogens (tertiary/aromatic N) is 3. The molecular formula is C41H35N7Na4O16S2. The smallest absolute Gasteiger partial charge is 0.744 e. The van der Waals surface area contributed by atoms with Crippen LogP contribution in [0.2, 0.25) is 0 Å². The summed E-state index contributed by atoms with van der Waals surface area (Å²) in [6, 6.07) is 16.3. The van der Waals surface area contributed by atoms with Gasteiger partial charge in [0.05, 0.1) is 52.9 Å². The largest absolute Gasteiger partial charge is 1.00 e. The second kappa shape index (κ2) is 29.3. The summed E-state index contributed by atoms with van der Waals surface area (Å²) in [5, 5.41) is 59.9. The molecule has 2 aliphatic rings. The number of amides is 2. The van der Waals surface area contributed by atoms with Crippen LogP contribution in [0.15, 0.2) is 105 Å². The van der Waals surface area contributed by atoms with Crippen LogP contribution in [0.4, 0.5) is 27.5 Å². The van der Waals surface area contributed by atoms with Gasteiger partial charge in [-0.15, -0.1) is 0 Å². The molecule has 0 radical (unpaired) electrons. The minimum Gasteiger partial charge on any atom is -0.744 e. The number of aliphatic hydroxyl groups excluding tert-OH is 3. The number of carbonyl (C=O) groups excluding carboxylic acids is 5. The molecule has 0 heterocycles. The number of nitrogens with one attached hydrogen (secondary N) is 4. The summed E-state index contributed by atoms with van der Waals surface area (Å²) >= 11 is 0. The Morgan fingerprint density at radius 2 is 0.843 bits per heavy atom. The zero-order valence-corrected chi connectivity index (χ0v) is 47.4. The maximum absolute atomic E-state index is 13.3. The molecule has 0 atom stereocenters. The third-order valence-electron chi connectivity index (χ3n) is 9.20. The van der Waals surface area contributed by atoms with Gasteiger partial charge in [-0.2, -0.15) is 10.2 Å². The molecule has 0 spiro atoms. The number of urea groups is 1. The van der Waals surface area contributed by atoms with Crippen LogP contribution in [0.3, 0.4) is 0 Å². The van der Waals surface area contributed by atoms with E-state index in [0.717, 1.165) is 12.2 Å². The minimum atomic E-state index is -5.28. The molecule has 29 heteroatoms. The standard InChI is InChI=1S/C35H24N6O13S2.C6H15NO3.4Na/c42-31-25-11-9-23(13-19(25)15-27(55(49,50)51)29(31)40-38-21-5-1-17(2-6-21)33(44)45)36-35(48)37-24-10-12-26-20(14-24)16-28(56(52,53)54)30(32(26)43)41-39-22-7-3-18(4-8-22)34(46)47;8-4-1-7(2-5-9)3-6-10;;;;/h1-16,38-39H,(H,44,45)(H,46,47)(H2,36,37,48)(H,49,50,51)(H,52,53,54);8-10H,1-6H2;;;;/q;;4*+1/p-4/b40-29-,41-30+;;;;;. The van der Waals surface area contributed by atoms with Gasteiger partial charge >= 0.3 is 124 Å². The van der Waals surface area contributed by atoms with Gasteiger partial charge < -0.3 is 54.9 Å². The molecule has 0 unspecified atom stereocenters. The Balaban J connectivity index is 0.00000158. The van der Waals surface area contributed by atoms with Crippen LogP contribution in [0.5, 0.6) is 0 Å². The topological polar surface area (TPSA) is 383 Å². The van der Waals surface area contributed by atoms with Crippen LogP contribution in [0.1, 0.15) is 52.6 Å². The molecule has 0 fully saturated rings. The Morgan fingerprint density at radius 1 is 0.529 bits per heavy atom. The van der Waals surface area contributed by atoms with Gasteiger partial charge in [-0.3, -0.25) is 25.3 Å². The third-order valence-corrected chi connectivity index (χ3v) is 10.9. The molecule has 4 aromatic carbocycles. The second-order valence-electron chi connectivity index (χ2n) is 13.7. The first-order valence-electron chi connectivity index (χ1n) is 18.9. The Kier molecular flexibility index (Phi) is 27.0. The fraction of sp³-hybridized carbons (Fsp3) is 0.146. The zero-order chi connectivity index (χ0) is 48.3. The first kappa shape index (κ1) is 64.5. The number of Topliss-reactive ketones (excluding diaryl/α,β-unsaturated/α-hetero) is 2. The molecule has 0 aromatic heterocycles. The van der Waals surface area contributed by atoms with Crippen molar-refractivity contribution in [3.8, 4) is 0 Å². The summed E-state index contributed by atoms with van der Waals surface area (Å²) in [5.41, 5.74) is 3.05. The van der Waals surface area contributed by atoms with E-state index in [-0.39, 0.29) is 194 Å². The van der Waals surface area contributed by atoms with Gasteiger partial charge in [0.25, 0.3) is 0 Å². The molecule has 0 saturated heterocycles. The number of benzene rings is 4. The number of aromatic carboxylic acids is 2. The van der Waals surface area contributed by atoms with Crippen molar-refractivity contribution < 1.29 is 194 Å². The SMILES string of the molecule is O=C(Nc1ccc2c(c1)C=C(S(=O)(=O)[O-])/C(=N\Nc1ccc(C(=O)[O-])cc1)C2=O)Nc1ccc2c(c1)C=C(S(=O)(=O)[O-])/C(=N/Nc1ccc(C(=O)[O-])cc1)C2=O.OCCN(CCO)CCO.[Na+].[Na+].[Na+].[Na+]. The van der Waals surface area contributed by atoms with Crippen molar-refractivity contribution in [1.29, 1.82) is 0 Å². The number of aliphatic hydroxyl groups is 3. The molecule has 70 heavy (non-hydrogen) atoms. The number of carbonyl (C=O) groups is 5. The fourth-order valence-corrected chi connectivity index (χ4v) is 7.37. The molecule has 4 aromatic rings. The van der Waals surface area contributed by atoms with Crippen molar-refractivity contribution >= 4 is 96.1 Å². The molecule has 2 aliphatic carbocycles. The molecule has 0 aliphatic heterocycles. The Morgan fingerprint density at radius 3 is 1.13 bits per heavy atom. The third kappa shape index (κ3) is 17.6. The van der Waals surface area contributed by atoms with E-state index in [1.54, 1.807) is 4.90 Å². The minimum absolute atomic E-state index is 0. The number of hydrogen-bond acceptors (Lipinski definition) is 21. The molecule has 0 saturated carbocycles. The van der Waals surface area contributed by atoms with Crippen LogP contribution in [0, 0.1) is 0 Å². The van der Waals surface area contributed by atoms with Gasteiger partial charge in [0.2, 0.25) is 11.6 Å².